The normalized spacial score (nSPS) is 10.8. The highest BCUT2D eigenvalue weighted by Gasteiger charge is 2.19. The van der Waals surface area contributed by atoms with Crippen molar-refractivity contribution >= 4 is 34.3 Å². The molecular formula is C31H24N2O7. The molecule has 0 unspecified atom stereocenters. The summed E-state index contributed by atoms with van der Waals surface area (Å²) in [6.45, 7) is 1.62. The molecule has 0 bridgehead atoms. The molecule has 40 heavy (non-hydrogen) atoms. The highest BCUT2D eigenvalue weighted by Crippen LogP contribution is 2.34. The Morgan fingerprint density at radius 2 is 1.30 bits per heavy atom. The lowest BCUT2D eigenvalue weighted by molar-refractivity contribution is 0.0733. The van der Waals surface area contributed by atoms with Crippen LogP contribution in [-0.4, -0.2) is 19.0 Å². The van der Waals surface area contributed by atoms with Gasteiger partial charge in [-0.3, -0.25) is 4.79 Å². The Balaban J connectivity index is 1.60. The maximum Gasteiger partial charge on any atom is 0.343 e. The summed E-state index contributed by atoms with van der Waals surface area (Å²) in [6, 6.07) is 21.9. The van der Waals surface area contributed by atoms with Crippen molar-refractivity contribution in [3.05, 3.63) is 112 Å². The van der Waals surface area contributed by atoms with Crippen molar-refractivity contribution in [3.63, 3.8) is 0 Å². The summed E-state index contributed by atoms with van der Waals surface area (Å²) >= 11 is 0. The van der Waals surface area contributed by atoms with Gasteiger partial charge in [0.2, 0.25) is 0 Å². The molecule has 4 N–H and O–H groups in total. The van der Waals surface area contributed by atoms with Crippen LogP contribution in [0.4, 0.5) is 11.4 Å². The lowest BCUT2D eigenvalue weighted by Gasteiger charge is -2.13. The number of hydrogen-bond donors (Lipinski definition) is 2. The SMILES string of the molecule is COc1ccc2oc(-c3cc(OC(=O)c4cccc(N)c4)cc(OC(=O)c4cccc(N)c4)c3)c(C)c(=O)c2c1. The predicted octanol–water partition coefficient (Wildman–Crippen LogP) is 5.38. The van der Waals surface area contributed by atoms with Crippen LogP contribution in [0.2, 0.25) is 0 Å². The van der Waals surface area contributed by atoms with Gasteiger partial charge in [0.05, 0.1) is 23.6 Å². The number of rotatable bonds is 6. The van der Waals surface area contributed by atoms with Gasteiger partial charge in [-0.15, -0.1) is 0 Å². The van der Waals surface area contributed by atoms with Crippen LogP contribution in [0.1, 0.15) is 26.3 Å². The van der Waals surface area contributed by atoms with E-state index in [0.29, 0.717) is 39.2 Å². The van der Waals surface area contributed by atoms with Crippen molar-refractivity contribution in [2.45, 2.75) is 6.92 Å². The van der Waals surface area contributed by atoms with Crippen molar-refractivity contribution < 1.29 is 28.2 Å². The fraction of sp³-hybridized carbons (Fsp3) is 0.0645. The van der Waals surface area contributed by atoms with E-state index in [2.05, 4.69) is 0 Å². The zero-order valence-corrected chi connectivity index (χ0v) is 21.6. The van der Waals surface area contributed by atoms with E-state index in [1.165, 1.54) is 37.4 Å². The first kappa shape index (κ1) is 26.1. The fourth-order valence-electron chi connectivity index (χ4n) is 4.15. The number of fused-ring (bicyclic) bond motifs is 1. The topological polar surface area (TPSA) is 144 Å². The number of anilines is 2. The lowest BCUT2D eigenvalue weighted by atomic mass is 10.0. The van der Waals surface area contributed by atoms with E-state index in [4.69, 9.17) is 30.1 Å². The van der Waals surface area contributed by atoms with E-state index in [0.717, 1.165) is 0 Å². The highest BCUT2D eigenvalue weighted by molar-refractivity contribution is 5.93. The molecule has 0 aliphatic carbocycles. The molecule has 200 valence electrons. The minimum absolute atomic E-state index is 0.0529. The van der Waals surface area contributed by atoms with E-state index in [1.807, 2.05) is 0 Å². The number of carbonyl (C=O) groups is 2. The van der Waals surface area contributed by atoms with Gasteiger partial charge in [0.1, 0.15) is 28.6 Å². The predicted molar refractivity (Wildman–Crippen MR) is 151 cm³/mol. The number of methoxy groups -OCH3 is 1. The Hall–Kier alpha value is -5.57. The standard InChI is InChI=1S/C31H24N2O7/c1-17-28(34)26-16-23(37-2)9-10-27(26)40-29(17)20-13-24(38-30(35)18-5-3-7-21(32)11-18)15-25(14-20)39-31(36)19-6-4-8-22(33)12-19/h3-16H,32-33H2,1-2H3. The maximum absolute atomic E-state index is 13.2. The quantitative estimate of drug-likeness (QED) is 0.166. The van der Waals surface area contributed by atoms with Crippen LogP contribution in [0.15, 0.2) is 94.1 Å². The molecule has 0 fully saturated rings. The number of esters is 2. The molecule has 9 nitrogen and oxygen atoms in total. The second-order valence-corrected chi connectivity index (χ2v) is 8.97. The summed E-state index contributed by atoms with van der Waals surface area (Å²) in [6.07, 6.45) is 0. The van der Waals surface area contributed by atoms with E-state index in [-0.39, 0.29) is 33.8 Å². The van der Waals surface area contributed by atoms with Crippen LogP contribution in [0.5, 0.6) is 17.2 Å². The Kier molecular flexibility index (Phi) is 6.94. The average Bonchev–Trinajstić information content (AvgIpc) is 2.94. The first-order chi connectivity index (χ1) is 19.2. The molecule has 0 aliphatic rings. The molecule has 0 aliphatic heterocycles. The average molecular weight is 537 g/mol. The van der Waals surface area contributed by atoms with Crippen molar-refractivity contribution in [3.8, 4) is 28.6 Å². The Morgan fingerprint density at radius 1 is 0.725 bits per heavy atom. The number of nitrogen functional groups attached to an aromatic ring is 2. The summed E-state index contributed by atoms with van der Waals surface area (Å²) in [7, 11) is 1.51. The molecule has 0 spiro atoms. The maximum atomic E-state index is 13.2. The van der Waals surface area contributed by atoms with Crippen molar-refractivity contribution in [2.24, 2.45) is 0 Å². The molecule has 1 aromatic heterocycles. The van der Waals surface area contributed by atoms with Gasteiger partial charge >= 0.3 is 11.9 Å². The summed E-state index contributed by atoms with van der Waals surface area (Å²) in [4.78, 5) is 39.0. The van der Waals surface area contributed by atoms with Gasteiger partial charge in [-0.2, -0.15) is 0 Å². The Bertz CT molecular complexity index is 1760. The van der Waals surface area contributed by atoms with Crippen molar-refractivity contribution in [1.82, 2.24) is 0 Å². The molecule has 1 heterocycles. The molecule has 0 radical (unpaired) electrons. The molecule has 9 heteroatoms. The number of nitrogens with two attached hydrogens (primary N) is 2. The van der Waals surface area contributed by atoms with Crippen LogP contribution in [0.25, 0.3) is 22.3 Å². The second kappa shape index (κ2) is 10.7. The third kappa shape index (κ3) is 5.34. The van der Waals surface area contributed by atoms with Crippen LogP contribution in [0, 0.1) is 6.92 Å². The van der Waals surface area contributed by atoms with E-state index < -0.39 is 11.9 Å². The first-order valence-corrected chi connectivity index (χ1v) is 12.1. The van der Waals surface area contributed by atoms with Crippen LogP contribution in [0.3, 0.4) is 0 Å². The first-order valence-electron chi connectivity index (χ1n) is 12.1. The molecule has 5 rings (SSSR count). The zero-order chi connectivity index (χ0) is 28.4. The minimum atomic E-state index is -0.679. The summed E-state index contributed by atoms with van der Waals surface area (Å²) in [5.74, 6) is -0.527. The zero-order valence-electron chi connectivity index (χ0n) is 21.6. The number of ether oxygens (including phenoxy) is 3. The largest absolute Gasteiger partial charge is 0.497 e. The van der Waals surface area contributed by atoms with Gasteiger partial charge in [-0.25, -0.2) is 9.59 Å². The Labute approximate surface area is 228 Å². The van der Waals surface area contributed by atoms with E-state index >= 15 is 0 Å². The second-order valence-electron chi connectivity index (χ2n) is 8.97. The molecule has 0 amide bonds. The summed E-state index contributed by atoms with van der Waals surface area (Å²) in [5.41, 5.74) is 13.6. The van der Waals surface area contributed by atoms with Gasteiger partial charge in [-0.05, 0) is 73.7 Å². The minimum Gasteiger partial charge on any atom is -0.497 e. The lowest BCUT2D eigenvalue weighted by Crippen LogP contribution is -2.11. The van der Waals surface area contributed by atoms with Crippen molar-refractivity contribution in [2.75, 3.05) is 18.6 Å². The van der Waals surface area contributed by atoms with E-state index in [9.17, 15) is 14.4 Å². The monoisotopic (exact) mass is 536 g/mol. The van der Waals surface area contributed by atoms with Gasteiger partial charge < -0.3 is 30.1 Å². The molecule has 0 saturated heterocycles. The van der Waals surface area contributed by atoms with E-state index in [1.54, 1.807) is 61.5 Å². The summed E-state index contributed by atoms with van der Waals surface area (Å²) in [5, 5.41) is 0.346. The number of benzene rings is 4. The molecule has 0 atom stereocenters. The van der Waals surface area contributed by atoms with Crippen molar-refractivity contribution in [1.29, 1.82) is 0 Å². The number of hydrogen-bond acceptors (Lipinski definition) is 9. The number of carbonyl (C=O) groups excluding carboxylic acids is 2. The highest BCUT2D eigenvalue weighted by atomic mass is 16.5. The molecular weight excluding hydrogens is 512 g/mol. The smallest absolute Gasteiger partial charge is 0.343 e. The van der Waals surface area contributed by atoms with Gasteiger partial charge in [0.25, 0.3) is 0 Å². The molecule has 4 aromatic carbocycles. The van der Waals surface area contributed by atoms with Crippen LogP contribution in [-0.2, 0) is 0 Å². The van der Waals surface area contributed by atoms with Gasteiger partial charge in [0, 0.05) is 28.6 Å². The third-order valence-corrected chi connectivity index (χ3v) is 6.13. The van der Waals surface area contributed by atoms with Gasteiger partial charge in [-0.1, -0.05) is 12.1 Å². The summed E-state index contributed by atoms with van der Waals surface area (Å²) < 4.78 is 22.6. The molecule has 5 aromatic rings. The Morgan fingerprint density at radius 3 is 1.82 bits per heavy atom. The van der Waals surface area contributed by atoms with Crippen LogP contribution < -0.4 is 31.1 Å². The fourth-order valence-corrected chi connectivity index (χ4v) is 4.15. The van der Waals surface area contributed by atoms with Gasteiger partial charge in [0.15, 0.2) is 5.43 Å². The molecule has 0 saturated carbocycles. The van der Waals surface area contributed by atoms with Crippen LogP contribution >= 0.6 is 0 Å². The third-order valence-electron chi connectivity index (χ3n) is 6.13.